The van der Waals surface area contributed by atoms with Gasteiger partial charge in [-0.05, 0) is 37.1 Å². The Morgan fingerprint density at radius 3 is 2.74 bits per heavy atom. The minimum absolute atomic E-state index is 0.0840. The first-order valence-corrected chi connectivity index (χ1v) is 6.75. The Morgan fingerprint density at radius 1 is 1.42 bits per heavy atom. The van der Waals surface area contributed by atoms with E-state index in [0.717, 1.165) is 23.0 Å². The van der Waals surface area contributed by atoms with E-state index < -0.39 is 5.25 Å². The number of aryl methyl sites for hydroxylation is 2. The third kappa shape index (κ3) is 3.35. The summed E-state index contributed by atoms with van der Waals surface area (Å²) >= 11 is 1.14. The third-order valence-corrected chi connectivity index (χ3v) is 3.91. The van der Waals surface area contributed by atoms with Gasteiger partial charge in [0.2, 0.25) is 5.91 Å². The lowest BCUT2D eigenvalue weighted by molar-refractivity contribution is -0.121. The summed E-state index contributed by atoms with van der Waals surface area (Å²) < 4.78 is 0. The van der Waals surface area contributed by atoms with Gasteiger partial charge in [0.1, 0.15) is 5.25 Å². The van der Waals surface area contributed by atoms with Crippen LogP contribution in [0.3, 0.4) is 0 Å². The van der Waals surface area contributed by atoms with Crippen LogP contribution in [0.15, 0.2) is 23.2 Å². The summed E-state index contributed by atoms with van der Waals surface area (Å²) in [6.45, 7) is 3.99. The van der Waals surface area contributed by atoms with Crippen LogP contribution in [0.5, 0.6) is 0 Å². The fourth-order valence-electron chi connectivity index (χ4n) is 1.73. The van der Waals surface area contributed by atoms with E-state index in [1.54, 1.807) is 0 Å². The third-order valence-electron chi connectivity index (χ3n) is 2.92. The first kappa shape index (κ1) is 13.6. The van der Waals surface area contributed by atoms with E-state index in [-0.39, 0.29) is 23.4 Å². The second-order valence-corrected chi connectivity index (χ2v) is 5.67. The van der Waals surface area contributed by atoms with Gasteiger partial charge >= 0.3 is 0 Å². The highest BCUT2D eigenvalue weighted by molar-refractivity contribution is 8.15. The second kappa shape index (κ2) is 5.44. The summed E-state index contributed by atoms with van der Waals surface area (Å²) in [6.07, 6.45) is 0.0840. The van der Waals surface area contributed by atoms with Crippen LogP contribution >= 0.6 is 11.8 Å². The van der Waals surface area contributed by atoms with E-state index in [1.807, 2.05) is 32.0 Å². The number of hydrogen-bond donors (Lipinski definition) is 2. The number of nitrogens with two attached hydrogens (primary N) is 1. The number of hydrogen-bond acceptors (Lipinski definition) is 4. The number of benzene rings is 1. The summed E-state index contributed by atoms with van der Waals surface area (Å²) in [5.74, 6) is -0.545. The highest BCUT2D eigenvalue weighted by atomic mass is 32.2. The van der Waals surface area contributed by atoms with Crippen molar-refractivity contribution in [2.75, 3.05) is 5.32 Å². The maximum absolute atomic E-state index is 11.8. The maximum Gasteiger partial charge on any atom is 0.262 e. The highest BCUT2D eigenvalue weighted by Gasteiger charge is 2.29. The van der Waals surface area contributed by atoms with Crippen LogP contribution in [0.25, 0.3) is 0 Å². The monoisotopic (exact) mass is 277 g/mol. The topological polar surface area (TPSA) is 84.6 Å². The molecule has 2 rings (SSSR count). The zero-order valence-corrected chi connectivity index (χ0v) is 11.6. The average molecular weight is 277 g/mol. The van der Waals surface area contributed by atoms with Crippen molar-refractivity contribution in [3.05, 3.63) is 29.3 Å². The summed E-state index contributed by atoms with van der Waals surface area (Å²) in [5.41, 5.74) is 8.45. The first-order chi connectivity index (χ1) is 8.95. The predicted octanol–water partition coefficient (Wildman–Crippen LogP) is 1.59. The zero-order chi connectivity index (χ0) is 14.0. The summed E-state index contributed by atoms with van der Waals surface area (Å²) in [6, 6.07) is 5.69. The van der Waals surface area contributed by atoms with Crippen molar-refractivity contribution in [2.24, 2.45) is 10.7 Å². The van der Waals surface area contributed by atoms with E-state index >= 15 is 0 Å². The molecule has 1 aliphatic rings. The van der Waals surface area contributed by atoms with Gasteiger partial charge < -0.3 is 11.1 Å². The molecule has 0 aliphatic carbocycles. The average Bonchev–Trinajstić information content (AvgIpc) is 2.62. The number of nitrogens with one attached hydrogen (secondary N) is 1. The lowest BCUT2D eigenvalue weighted by atomic mass is 10.1. The molecule has 0 saturated heterocycles. The highest BCUT2D eigenvalue weighted by Crippen LogP contribution is 2.23. The molecule has 6 heteroatoms. The number of aliphatic imine (C=N–C) groups is 1. The van der Waals surface area contributed by atoms with Gasteiger partial charge in [0.05, 0.1) is 0 Å². The normalized spacial score (nSPS) is 18.3. The zero-order valence-electron chi connectivity index (χ0n) is 10.8. The van der Waals surface area contributed by atoms with Crippen LogP contribution in [-0.2, 0) is 9.59 Å². The first-order valence-electron chi connectivity index (χ1n) is 5.87. The van der Waals surface area contributed by atoms with E-state index in [4.69, 9.17) is 5.73 Å². The molecule has 1 unspecified atom stereocenters. The number of anilines is 1. The molecule has 0 saturated carbocycles. The van der Waals surface area contributed by atoms with Crippen molar-refractivity contribution >= 4 is 34.4 Å². The molecule has 0 fully saturated rings. The van der Waals surface area contributed by atoms with Crippen molar-refractivity contribution in [3.8, 4) is 0 Å². The fraction of sp³-hybridized carbons (Fsp3) is 0.308. The Bertz CT molecular complexity index is 569. The summed E-state index contributed by atoms with van der Waals surface area (Å²) in [4.78, 5) is 26.8. The predicted molar refractivity (Wildman–Crippen MR) is 77.2 cm³/mol. The van der Waals surface area contributed by atoms with Crippen LogP contribution in [-0.4, -0.2) is 22.2 Å². The molecule has 1 heterocycles. The number of carbonyl (C=O) groups excluding carboxylic acids is 2. The molecule has 1 aromatic rings. The van der Waals surface area contributed by atoms with Gasteiger partial charge in [-0.2, -0.15) is 4.99 Å². The minimum Gasteiger partial charge on any atom is -0.378 e. The quantitative estimate of drug-likeness (QED) is 0.878. The molecule has 0 radical (unpaired) electrons. The van der Waals surface area contributed by atoms with Crippen molar-refractivity contribution < 1.29 is 9.59 Å². The molecule has 1 atom stereocenters. The molecule has 5 nitrogen and oxygen atoms in total. The van der Waals surface area contributed by atoms with E-state index in [9.17, 15) is 9.59 Å². The van der Waals surface area contributed by atoms with Gasteiger partial charge in [0.25, 0.3) is 5.91 Å². The van der Waals surface area contributed by atoms with Gasteiger partial charge in [-0.25, -0.2) is 0 Å². The van der Waals surface area contributed by atoms with Gasteiger partial charge in [-0.15, -0.1) is 0 Å². The van der Waals surface area contributed by atoms with Crippen LogP contribution in [0.4, 0.5) is 5.69 Å². The lowest BCUT2D eigenvalue weighted by Crippen LogP contribution is -2.21. The van der Waals surface area contributed by atoms with Gasteiger partial charge in [-0.3, -0.25) is 9.59 Å². The Kier molecular flexibility index (Phi) is 3.90. The van der Waals surface area contributed by atoms with Crippen molar-refractivity contribution in [1.29, 1.82) is 0 Å². The van der Waals surface area contributed by atoms with E-state index in [1.165, 1.54) is 5.56 Å². The van der Waals surface area contributed by atoms with Crippen molar-refractivity contribution in [1.82, 2.24) is 0 Å². The van der Waals surface area contributed by atoms with Gasteiger partial charge in [0, 0.05) is 12.1 Å². The molecule has 3 N–H and O–H groups in total. The molecule has 0 spiro atoms. The van der Waals surface area contributed by atoms with E-state index in [2.05, 4.69) is 10.3 Å². The number of thioether (sulfide) groups is 1. The molecular weight excluding hydrogens is 262 g/mol. The Morgan fingerprint density at radius 2 is 2.16 bits per heavy atom. The molecule has 19 heavy (non-hydrogen) atoms. The number of nitrogens with zero attached hydrogens (tertiary/aromatic N) is 1. The summed E-state index contributed by atoms with van der Waals surface area (Å²) in [5, 5.41) is 2.51. The van der Waals surface area contributed by atoms with Crippen molar-refractivity contribution in [2.45, 2.75) is 25.5 Å². The van der Waals surface area contributed by atoms with Gasteiger partial charge in [0.15, 0.2) is 5.17 Å². The number of amides is 2. The SMILES string of the molecule is Cc1ccc(NC(=O)CC2SC(N)=NC2=O)cc1C. The number of amidine groups is 1. The molecule has 0 bridgehead atoms. The van der Waals surface area contributed by atoms with Crippen LogP contribution < -0.4 is 11.1 Å². The largest absolute Gasteiger partial charge is 0.378 e. The Hall–Kier alpha value is -1.82. The maximum atomic E-state index is 11.8. The molecule has 1 aromatic carbocycles. The van der Waals surface area contributed by atoms with Crippen LogP contribution in [0.1, 0.15) is 17.5 Å². The molecule has 1 aliphatic heterocycles. The number of rotatable bonds is 3. The minimum atomic E-state index is -0.494. The Labute approximate surface area is 115 Å². The van der Waals surface area contributed by atoms with Crippen molar-refractivity contribution in [3.63, 3.8) is 0 Å². The second-order valence-electron chi connectivity index (χ2n) is 4.45. The number of carbonyl (C=O) groups is 2. The van der Waals surface area contributed by atoms with Crippen LogP contribution in [0, 0.1) is 13.8 Å². The molecule has 100 valence electrons. The summed E-state index contributed by atoms with van der Waals surface area (Å²) in [7, 11) is 0. The molecule has 0 aromatic heterocycles. The molecule has 2 amide bonds. The fourth-order valence-corrected chi connectivity index (χ4v) is 2.55. The lowest BCUT2D eigenvalue weighted by Gasteiger charge is -2.09. The molecular formula is C13H15N3O2S. The smallest absolute Gasteiger partial charge is 0.262 e. The Balaban J connectivity index is 1.95. The van der Waals surface area contributed by atoms with Gasteiger partial charge in [-0.1, -0.05) is 17.8 Å². The van der Waals surface area contributed by atoms with E-state index in [0.29, 0.717) is 0 Å². The standard InChI is InChI=1S/C13H15N3O2S/c1-7-3-4-9(5-8(7)2)15-11(17)6-10-12(18)16-13(14)19-10/h3-5,10H,6H2,1-2H3,(H,15,17)(H2,14,16,18). The van der Waals surface area contributed by atoms with Crippen LogP contribution in [0.2, 0.25) is 0 Å².